The van der Waals surface area contributed by atoms with E-state index in [2.05, 4.69) is 15.2 Å². The molecule has 0 saturated heterocycles. The van der Waals surface area contributed by atoms with Gasteiger partial charge in [0.2, 0.25) is 0 Å². The molecule has 3 rings (SSSR count). The van der Waals surface area contributed by atoms with Gasteiger partial charge in [0.1, 0.15) is 11.4 Å². The first-order valence-corrected chi connectivity index (χ1v) is 6.84. The predicted octanol–water partition coefficient (Wildman–Crippen LogP) is 5.66. The van der Waals surface area contributed by atoms with Crippen LogP contribution >= 0.6 is 23.2 Å². The molecule has 0 fully saturated rings. The second kappa shape index (κ2) is 5.68. The van der Waals surface area contributed by atoms with Gasteiger partial charge in [0.15, 0.2) is 5.82 Å². The van der Waals surface area contributed by atoms with Gasteiger partial charge in [-0.2, -0.15) is 0 Å². The first-order valence-electron chi connectivity index (χ1n) is 6.08. The lowest BCUT2D eigenvalue weighted by Gasteiger charge is -2.03. The molecule has 1 heterocycles. The maximum absolute atomic E-state index is 9.97. The molecule has 0 saturated carbocycles. The number of benzene rings is 2. The molecule has 0 bridgehead atoms. The summed E-state index contributed by atoms with van der Waals surface area (Å²) in [5, 5.41) is 20.5. The minimum Gasteiger partial charge on any atom is -0.506 e. The van der Waals surface area contributed by atoms with Crippen LogP contribution in [0.3, 0.4) is 0 Å². The van der Waals surface area contributed by atoms with Crippen LogP contribution in [0.15, 0.2) is 58.9 Å². The normalized spacial score (nSPS) is 11.3. The highest BCUT2D eigenvalue weighted by Gasteiger charge is 2.07. The summed E-state index contributed by atoms with van der Waals surface area (Å²) in [7, 11) is 0. The van der Waals surface area contributed by atoms with E-state index in [0.717, 1.165) is 10.8 Å². The summed E-state index contributed by atoms with van der Waals surface area (Å²) in [5.74, 6) is 0.288. The molecule has 0 aliphatic carbocycles. The molecule has 2 aromatic carbocycles. The summed E-state index contributed by atoms with van der Waals surface area (Å²) in [6, 6.07) is 12.5. The number of aromatic nitrogens is 1. The van der Waals surface area contributed by atoms with Crippen LogP contribution in [0.25, 0.3) is 10.8 Å². The van der Waals surface area contributed by atoms with Gasteiger partial charge in [-0.05, 0) is 17.5 Å². The zero-order chi connectivity index (χ0) is 14.8. The monoisotopic (exact) mass is 317 g/mol. The molecule has 0 aliphatic rings. The zero-order valence-electron chi connectivity index (χ0n) is 10.7. The summed E-state index contributed by atoms with van der Waals surface area (Å²) >= 11 is 11.8. The Hall–Kier alpha value is -2.17. The molecule has 4 nitrogen and oxygen atoms in total. The molecule has 0 atom stereocenters. The molecule has 1 N–H and O–H groups in total. The smallest absolute Gasteiger partial charge is 0.193 e. The van der Waals surface area contributed by atoms with Gasteiger partial charge >= 0.3 is 0 Å². The number of phenolic OH excluding ortho intramolecular Hbond substituents is 1. The highest BCUT2D eigenvalue weighted by molar-refractivity contribution is 6.35. The van der Waals surface area contributed by atoms with E-state index in [-0.39, 0.29) is 11.6 Å². The number of hydrogen-bond acceptors (Lipinski definition) is 4. The average Bonchev–Trinajstić information content (AvgIpc) is 2.48. The number of hydrogen-bond donors (Lipinski definition) is 1. The van der Waals surface area contributed by atoms with Gasteiger partial charge in [-0.15, -0.1) is 10.2 Å². The second-order valence-electron chi connectivity index (χ2n) is 4.31. The van der Waals surface area contributed by atoms with Crippen molar-refractivity contribution in [1.29, 1.82) is 0 Å². The Morgan fingerprint density at radius 2 is 1.81 bits per heavy atom. The topological polar surface area (TPSA) is 57.8 Å². The number of azo groups is 1. The maximum Gasteiger partial charge on any atom is 0.193 e. The second-order valence-corrected chi connectivity index (χ2v) is 5.16. The maximum atomic E-state index is 9.97. The van der Waals surface area contributed by atoms with Crippen molar-refractivity contribution in [3.63, 3.8) is 0 Å². The van der Waals surface area contributed by atoms with Crippen molar-refractivity contribution in [1.82, 2.24) is 4.98 Å². The minimum atomic E-state index is 0.0440. The molecule has 0 unspecified atom stereocenters. The van der Waals surface area contributed by atoms with E-state index >= 15 is 0 Å². The summed E-state index contributed by atoms with van der Waals surface area (Å²) in [5.41, 5.74) is 0.376. The van der Waals surface area contributed by atoms with E-state index in [1.54, 1.807) is 6.07 Å². The Bertz CT molecular complexity index is 849. The third-order valence-electron chi connectivity index (χ3n) is 2.91. The predicted molar refractivity (Wildman–Crippen MR) is 84.0 cm³/mol. The van der Waals surface area contributed by atoms with Crippen LogP contribution in [0.2, 0.25) is 10.0 Å². The van der Waals surface area contributed by atoms with E-state index in [4.69, 9.17) is 23.2 Å². The number of nitrogens with zero attached hydrogens (tertiary/aromatic N) is 3. The van der Waals surface area contributed by atoms with Crippen molar-refractivity contribution < 1.29 is 5.11 Å². The number of fused-ring (bicyclic) bond motifs is 1. The van der Waals surface area contributed by atoms with E-state index in [1.807, 2.05) is 30.3 Å². The molecule has 6 heteroatoms. The Morgan fingerprint density at radius 3 is 2.62 bits per heavy atom. The van der Waals surface area contributed by atoms with Crippen LogP contribution < -0.4 is 0 Å². The molecular formula is C15H9Cl2N3O. The number of halogens is 2. The quantitative estimate of drug-likeness (QED) is 0.619. The van der Waals surface area contributed by atoms with Crippen molar-refractivity contribution in [3.05, 3.63) is 58.7 Å². The largest absolute Gasteiger partial charge is 0.506 e. The van der Waals surface area contributed by atoms with E-state index in [0.29, 0.717) is 15.7 Å². The third kappa shape index (κ3) is 2.82. The lowest BCUT2D eigenvalue weighted by Crippen LogP contribution is -1.77. The fourth-order valence-corrected chi connectivity index (χ4v) is 2.34. The fraction of sp³-hybridized carbons (Fsp3) is 0. The molecule has 0 radical (unpaired) electrons. The van der Waals surface area contributed by atoms with Gasteiger partial charge in [0.25, 0.3) is 0 Å². The van der Waals surface area contributed by atoms with Crippen molar-refractivity contribution in [2.75, 3.05) is 0 Å². The summed E-state index contributed by atoms with van der Waals surface area (Å²) in [6.45, 7) is 0. The molecule has 104 valence electrons. The molecule has 0 spiro atoms. The Balaban J connectivity index is 2.09. The van der Waals surface area contributed by atoms with Crippen LogP contribution in [-0.4, -0.2) is 10.1 Å². The van der Waals surface area contributed by atoms with Gasteiger partial charge in [-0.1, -0.05) is 53.5 Å². The first-order chi connectivity index (χ1) is 10.1. The standard InChI is InChI=1S/C15H9Cl2N3O/c16-10-7-12(17)15(18-8-10)20-19-14-11-4-2-1-3-9(11)5-6-13(14)21/h1-8,21H. The lowest BCUT2D eigenvalue weighted by atomic mass is 10.1. The Kier molecular flexibility index (Phi) is 3.73. The summed E-state index contributed by atoms with van der Waals surface area (Å²) < 4.78 is 0. The molecule has 1 aromatic heterocycles. The van der Waals surface area contributed by atoms with Crippen LogP contribution in [0.5, 0.6) is 5.75 Å². The summed E-state index contributed by atoms with van der Waals surface area (Å²) in [6.07, 6.45) is 1.44. The summed E-state index contributed by atoms with van der Waals surface area (Å²) in [4.78, 5) is 4.00. The number of aromatic hydroxyl groups is 1. The minimum absolute atomic E-state index is 0.0440. The van der Waals surface area contributed by atoms with Crippen LogP contribution in [0.4, 0.5) is 11.5 Å². The van der Waals surface area contributed by atoms with E-state index < -0.39 is 0 Å². The SMILES string of the molecule is Oc1ccc2ccccc2c1N=Nc1ncc(Cl)cc1Cl. The van der Waals surface area contributed by atoms with Crippen molar-refractivity contribution in [2.45, 2.75) is 0 Å². The van der Waals surface area contributed by atoms with Gasteiger partial charge < -0.3 is 5.11 Å². The van der Waals surface area contributed by atoms with Crippen molar-refractivity contribution in [2.24, 2.45) is 10.2 Å². The lowest BCUT2D eigenvalue weighted by molar-refractivity contribution is 0.477. The molecular weight excluding hydrogens is 309 g/mol. The highest BCUT2D eigenvalue weighted by atomic mass is 35.5. The zero-order valence-corrected chi connectivity index (χ0v) is 12.2. The Labute approximate surface area is 130 Å². The molecule has 0 aliphatic heterocycles. The molecule has 21 heavy (non-hydrogen) atoms. The van der Waals surface area contributed by atoms with Crippen LogP contribution in [0.1, 0.15) is 0 Å². The van der Waals surface area contributed by atoms with Crippen molar-refractivity contribution >= 4 is 45.5 Å². The molecule has 0 amide bonds. The Morgan fingerprint density at radius 1 is 1.00 bits per heavy atom. The fourth-order valence-electron chi connectivity index (χ4n) is 1.93. The van der Waals surface area contributed by atoms with Gasteiger partial charge in [0.05, 0.1) is 10.0 Å². The number of phenols is 1. The van der Waals surface area contributed by atoms with E-state index in [1.165, 1.54) is 12.3 Å². The van der Waals surface area contributed by atoms with Gasteiger partial charge in [0, 0.05) is 11.6 Å². The highest BCUT2D eigenvalue weighted by Crippen LogP contribution is 2.36. The van der Waals surface area contributed by atoms with Crippen molar-refractivity contribution in [3.8, 4) is 5.75 Å². The third-order valence-corrected chi connectivity index (χ3v) is 3.40. The first kappa shape index (κ1) is 13.8. The van der Waals surface area contributed by atoms with Gasteiger partial charge in [-0.25, -0.2) is 4.98 Å². The van der Waals surface area contributed by atoms with Gasteiger partial charge in [-0.3, -0.25) is 0 Å². The number of rotatable bonds is 2. The number of pyridine rings is 1. The molecule has 3 aromatic rings. The van der Waals surface area contributed by atoms with E-state index in [9.17, 15) is 5.11 Å². The van der Waals surface area contributed by atoms with Crippen LogP contribution in [-0.2, 0) is 0 Å². The average molecular weight is 318 g/mol. The van der Waals surface area contributed by atoms with Crippen LogP contribution in [0, 0.1) is 0 Å².